The third kappa shape index (κ3) is 4.13. The zero-order valence-corrected chi connectivity index (χ0v) is 9.08. The van der Waals surface area contributed by atoms with Crippen molar-refractivity contribution in [3.63, 3.8) is 0 Å². The Balaban J connectivity index is 2.40. The zero-order chi connectivity index (χ0) is 11.3. The van der Waals surface area contributed by atoms with Gasteiger partial charge in [0.2, 0.25) is 5.01 Å². The van der Waals surface area contributed by atoms with Crippen LogP contribution in [-0.4, -0.2) is 23.3 Å². The summed E-state index contributed by atoms with van der Waals surface area (Å²) in [5.41, 5.74) is 0. The van der Waals surface area contributed by atoms with Crippen LogP contribution >= 0.6 is 11.3 Å². The summed E-state index contributed by atoms with van der Waals surface area (Å²) in [5.74, 6) is 0. The monoisotopic (exact) mass is 239 g/mol. The summed E-state index contributed by atoms with van der Waals surface area (Å²) in [6.07, 6.45) is -3.04. The maximum Gasteiger partial charge on any atom is 0.445 e. The van der Waals surface area contributed by atoms with Crippen molar-refractivity contribution < 1.29 is 13.2 Å². The van der Waals surface area contributed by atoms with E-state index in [1.54, 1.807) is 0 Å². The molecule has 1 aromatic heterocycles. The third-order valence-corrected chi connectivity index (χ3v) is 2.73. The molecule has 0 aliphatic carbocycles. The number of hydrogen-bond acceptors (Lipinski definition) is 4. The summed E-state index contributed by atoms with van der Waals surface area (Å²) < 4.78 is 36.4. The summed E-state index contributed by atoms with van der Waals surface area (Å²) in [6.45, 7) is 3.63. The summed E-state index contributed by atoms with van der Waals surface area (Å²) in [6, 6.07) is 0. The molecule has 1 heterocycles. The molecule has 0 radical (unpaired) electrons. The first-order chi connectivity index (χ1) is 7.04. The minimum Gasteiger partial charge on any atom is -0.317 e. The van der Waals surface area contributed by atoms with Gasteiger partial charge >= 0.3 is 6.18 Å². The van der Waals surface area contributed by atoms with Gasteiger partial charge in [-0.2, -0.15) is 13.2 Å². The number of halogens is 3. The zero-order valence-electron chi connectivity index (χ0n) is 8.26. The first kappa shape index (κ1) is 12.4. The number of aromatic nitrogens is 2. The fourth-order valence-corrected chi connectivity index (χ4v) is 1.76. The van der Waals surface area contributed by atoms with E-state index in [-0.39, 0.29) is 0 Å². The Morgan fingerprint density at radius 3 is 2.60 bits per heavy atom. The van der Waals surface area contributed by atoms with Gasteiger partial charge in [0.25, 0.3) is 0 Å². The van der Waals surface area contributed by atoms with Gasteiger partial charge in [0.1, 0.15) is 5.01 Å². The minimum absolute atomic E-state index is 0.445. The maximum absolute atomic E-state index is 12.1. The van der Waals surface area contributed by atoms with Crippen molar-refractivity contribution >= 4 is 11.3 Å². The number of alkyl halides is 3. The van der Waals surface area contributed by atoms with Crippen LogP contribution in [0.25, 0.3) is 0 Å². The number of rotatable bonds is 5. The second kappa shape index (κ2) is 5.41. The minimum atomic E-state index is -4.36. The van der Waals surface area contributed by atoms with Gasteiger partial charge in [-0.3, -0.25) is 0 Å². The van der Waals surface area contributed by atoms with Gasteiger partial charge in [-0.25, -0.2) is 0 Å². The van der Waals surface area contributed by atoms with Gasteiger partial charge in [0.15, 0.2) is 0 Å². The van der Waals surface area contributed by atoms with E-state index in [0.717, 1.165) is 19.5 Å². The van der Waals surface area contributed by atoms with E-state index in [4.69, 9.17) is 0 Å². The lowest BCUT2D eigenvalue weighted by Crippen LogP contribution is -2.14. The first-order valence-electron chi connectivity index (χ1n) is 4.64. The van der Waals surface area contributed by atoms with E-state index >= 15 is 0 Å². The molecule has 86 valence electrons. The van der Waals surface area contributed by atoms with Gasteiger partial charge in [-0.1, -0.05) is 18.3 Å². The molecule has 0 saturated carbocycles. The topological polar surface area (TPSA) is 37.8 Å². The Kier molecular flexibility index (Phi) is 4.46. The maximum atomic E-state index is 12.1. The molecule has 1 N–H and O–H groups in total. The summed E-state index contributed by atoms with van der Waals surface area (Å²) >= 11 is 0.623. The van der Waals surface area contributed by atoms with Crippen LogP contribution in [-0.2, 0) is 12.6 Å². The normalized spacial score (nSPS) is 12.0. The summed E-state index contributed by atoms with van der Waals surface area (Å²) in [7, 11) is 0. The van der Waals surface area contributed by atoms with E-state index in [1.165, 1.54) is 0 Å². The molecule has 0 spiro atoms. The highest BCUT2D eigenvalue weighted by molar-refractivity contribution is 7.11. The van der Waals surface area contributed by atoms with Crippen LogP contribution in [0.5, 0.6) is 0 Å². The summed E-state index contributed by atoms with van der Waals surface area (Å²) in [5, 5.41) is 9.28. The molecular weight excluding hydrogens is 227 g/mol. The predicted octanol–water partition coefficient (Wildman–Crippen LogP) is 2.10. The molecule has 0 fully saturated rings. The highest BCUT2D eigenvalue weighted by atomic mass is 32.1. The van der Waals surface area contributed by atoms with Crippen LogP contribution in [0.4, 0.5) is 13.2 Å². The number of nitrogens with one attached hydrogen (secondary N) is 1. The molecule has 0 unspecified atom stereocenters. The van der Waals surface area contributed by atoms with Crippen molar-refractivity contribution in [3.8, 4) is 0 Å². The van der Waals surface area contributed by atoms with Gasteiger partial charge in [0, 0.05) is 6.42 Å². The van der Waals surface area contributed by atoms with Crippen LogP contribution in [0.2, 0.25) is 0 Å². The van der Waals surface area contributed by atoms with Gasteiger partial charge in [0.05, 0.1) is 0 Å². The van der Waals surface area contributed by atoms with Crippen molar-refractivity contribution in [1.29, 1.82) is 0 Å². The average Bonchev–Trinajstić information content (AvgIpc) is 2.60. The Bertz CT molecular complexity index is 298. The molecule has 1 rings (SSSR count). The predicted molar refractivity (Wildman–Crippen MR) is 51.8 cm³/mol. The highest BCUT2D eigenvalue weighted by Gasteiger charge is 2.35. The summed E-state index contributed by atoms with van der Waals surface area (Å²) in [4.78, 5) is 0. The lowest BCUT2D eigenvalue weighted by atomic mass is 10.3. The third-order valence-electron chi connectivity index (χ3n) is 1.70. The Labute approximate surface area is 89.7 Å². The average molecular weight is 239 g/mol. The van der Waals surface area contributed by atoms with Crippen molar-refractivity contribution in [2.24, 2.45) is 0 Å². The fourth-order valence-electron chi connectivity index (χ4n) is 1.01. The number of aryl methyl sites for hydroxylation is 1. The second-order valence-electron chi connectivity index (χ2n) is 2.96. The van der Waals surface area contributed by atoms with Gasteiger partial charge in [-0.15, -0.1) is 10.2 Å². The fraction of sp³-hybridized carbons (Fsp3) is 0.750. The second-order valence-corrected chi connectivity index (χ2v) is 4.02. The van der Waals surface area contributed by atoms with Crippen LogP contribution in [0.15, 0.2) is 0 Å². The van der Waals surface area contributed by atoms with Gasteiger partial charge < -0.3 is 5.32 Å². The Morgan fingerprint density at radius 2 is 2.07 bits per heavy atom. The van der Waals surface area contributed by atoms with E-state index in [9.17, 15) is 13.2 Å². The molecule has 0 amide bonds. The molecule has 1 aromatic rings. The van der Waals surface area contributed by atoms with Crippen LogP contribution in [0.1, 0.15) is 23.4 Å². The Morgan fingerprint density at radius 1 is 1.33 bits per heavy atom. The Hall–Kier alpha value is -0.690. The van der Waals surface area contributed by atoms with Crippen LogP contribution < -0.4 is 5.32 Å². The van der Waals surface area contributed by atoms with Gasteiger partial charge in [-0.05, 0) is 19.5 Å². The number of nitrogens with zero attached hydrogens (tertiary/aromatic N) is 2. The van der Waals surface area contributed by atoms with Crippen LogP contribution in [0.3, 0.4) is 0 Å². The molecule has 7 heteroatoms. The van der Waals surface area contributed by atoms with E-state index in [2.05, 4.69) is 15.5 Å². The molecule has 15 heavy (non-hydrogen) atoms. The first-order valence-corrected chi connectivity index (χ1v) is 5.46. The molecule has 0 bridgehead atoms. The lowest BCUT2D eigenvalue weighted by molar-refractivity contribution is -0.138. The molecule has 0 saturated heterocycles. The van der Waals surface area contributed by atoms with Crippen LogP contribution in [0, 0.1) is 0 Å². The molecule has 0 aromatic carbocycles. The molecule has 0 aliphatic rings. The van der Waals surface area contributed by atoms with E-state index in [1.807, 2.05) is 6.92 Å². The quantitative estimate of drug-likeness (QED) is 0.800. The smallest absolute Gasteiger partial charge is 0.317 e. The van der Waals surface area contributed by atoms with Crippen molar-refractivity contribution in [2.45, 2.75) is 25.9 Å². The van der Waals surface area contributed by atoms with E-state index < -0.39 is 11.2 Å². The highest BCUT2D eigenvalue weighted by Crippen LogP contribution is 2.31. The largest absolute Gasteiger partial charge is 0.445 e. The standard InChI is InChI=1S/C8H12F3N3S/c1-2-12-5-3-4-6-13-14-7(15-6)8(9,10)11/h12H,2-5H2,1H3. The number of hydrogen-bond donors (Lipinski definition) is 1. The van der Waals surface area contributed by atoms with Crippen molar-refractivity contribution in [2.75, 3.05) is 13.1 Å². The lowest BCUT2D eigenvalue weighted by Gasteiger charge is -1.98. The van der Waals surface area contributed by atoms with E-state index in [0.29, 0.717) is 22.8 Å². The SMILES string of the molecule is CCNCCCc1nnc(C(F)(F)F)s1. The molecule has 3 nitrogen and oxygen atoms in total. The van der Waals surface area contributed by atoms with Crippen molar-refractivity contribution in [1.82, 2.24) is 15.5 Å². The van der Waals surface area contributed by atoms with Crippen molar-refractivity contribution in [3.05, 3.63) is 10.0 Å². The molecule has 0 atom stereocenters. The molecule has 0 aliphatic heterocycles. The molecular formula is C8H12F3N3S.